The van der Waals surface area contributed by atoms with Crippen molar-refractivity contribution in [2.75, 3.05) is 5.32 Å². The van der Waals surface area contributed by atoms with Crippen LogP contribution in [0.4, 0.5) is 5.69 Å². The van der Waals surface area contributed by atoms with Gasteiger partial charge in [-0.1, -0.05) is 0 Å². The van der Waals surface area contributed by atoms with Crippen molar-refractivity contribution in [3.63, 3.8) is 0 Å². The lowest BCUT2D eigenvalue weighted by Crippen LogP contribution is -2.07. The summed E-state index contributed by atoms with van der Waals surface area (Å²) in [4.78, 5) is 14.4. The van der Waals surface area contributed by atoms with Gasteiger partial charge < -0.3 is 5.32 Å². The maximum absolute atomic E-state index is 10.6. The quantitative estimate of drug-likeness (QED) is 0.650. The van der Waals surface area contributed by atoms with Crippen molar-refractivity contribution in [3.05, 3.63) is 24.0 Å². The molecular formula is C8H9N2O. The first-order valence-corrected chi connectivity index (χ1v) is 3.31. The van der Waals surface area contributed by atoms with Gasteiger partial charge in [0, 0.05) is 13.1 Å². The van der Waals surface area contributed by atoms with Gasteiger partial charge in [0.1, 0.15) is 6.20 Å². The van der Waals surface area contributed by atoms with E-state index in [0.29, 0.717) is 5.69 Å². The first kappa shape index (κ1) is 7.72. The van der Waals surface area contributed by atoms with Crippen molar-refractivity contribution in [1.29, 1.82) is 0 Å². The Bertz CT molecular complexity index is 271. The number of aryl methyl sites for hydroxylation is 1. The molecule has 1 aromatic heterocycles. The SMILES string of the molecule is CC(=O)Nc1[c]nccc1C. The number of carbonyl (C=O) groups excluding carboxylic acids is 1. The monoisotopic (exact) mass is 149 g/mol. The third-order valence-electron chi connectivity index (χ3n) is 1.27. The highest BCUT2D eigenvalue weighted by atomic mass is 16.1. The van der Waals surface area contributed by atoms with Crippen LogP contribution in [0.25, 0.3) is 0 Å². The second kappa shape index (κ2) is 3.14. The van der Waals surface area contributed by atoms with E-state index in [1.165, 1.54) is 6.92 Å². The van der Waals surface area contributed by atoms with Crippen LogP contribution in [0.15, 0.2) is 12.3 Å². The Morgan fingerprint density at radius 3 is 3.00 bits per heavy atom. The Morgan fingerprint density at radius 2 is 2.45 bits per heavy atom. The van der Waals surface area contributed by atoms with Crippen molar-refractivity contribution in [2.45, 2.75) is 13.8 Å². The van der Waals surface area contributed by atoms with Gasteiger partial charge in [-0.2, -0.15) is 0 Å². The highest BCUT2D eigenvalue weighted by Gasteiger charge is 1.98. The van der Waals surface area contributed by atoms with Crippen LogP contribution in [0.5, 0.6) is 0 Å². The predicted octanol–water partition coefficient (Wildman–Crippen LogP) is 1.15. The molecule has 0 saturated heterocycles. The van der Waals surface area contributed by atoms with Gasteiger partial charge in [-0.3, -0.25) is 9.78 Å². The molecule has 1 aromatic rings. The van der Waals surface area contributed by atoms with Crippen LogP contribution >= 0.6 is 0 Å². The summed E-state index contributed by atoms with van der Waals surface area (Å²) in [6.45, 7) is 3.35. The van der Waals surface area contributed by atoms with Crippen molar-refractivity contribution in [2.24, 2.45) is 0 Å². The Morgan fingerprint density at radius 1 is 1.73 bits per heavy atom. The summed E-state index contributed by atoms with van der Waals surface area (Å²) >= 11 is 0. The zero-order valence-corrected chi connectivity index (χ0v) is 6.51. The van der Waals surface area contributed by atoms with E-state index in [1.807, 2.05) is 13.0 Å². The van der Waals surface area contributed by atoms with E-state index in [9.17, 15) is 4.79 Å². The normalized spacial score (nSPS) is 9.27. The lowest BCUT2D eigenvalue weighted by Gasteiger charge is -2.02. The minimum atomic E-state index is -0.0997. The maximum Gasteiger partial charge on any atom is 0.221 e. The van der Waals surface area contributed by atoms with E-state index < -0.39 is 0 Å². The Labute approximate surface area is 65.5 Å². The fraction of sp³-hybridized carbons (Fsp3) is 0.250. The number of aromatic nitrogens is 1. The summed E-state index contributed by atoms with van der Waals surface area (Å²) < 4.78 is 0. The van der Waals surface area contributed by atoms with Gasteiger partial charge in [0.25, 0.3) is 0 Å². The lowest BCUT2D eigenvalue weighted by molar-refractivity contribution is -0.114. The summed E-state index contributed by atoms with van der Waals surface area (Å²) in [6.07, 6.45) is 4.33. The third-order valence-corrected chi connectivity index (χ3v) is 1.27. The van der Waals surface area contributed by atoms with Gasteiger partial charge in [0.05, 0.1) is 5.69 Å². The highest BCUT2D eigenvalue weighted by Crippen LogP contribution is 2.09. The molecule has 0 spiro atoms. The smallest absolute Gasteiger partial charge is 0.221 e. The average Bonchev–Trinajstić information content (AvgIpc) is 1.93. The van der Waals surface area contributed by atoms with Crippen LogP contribution in [-0.2, 0) is 4.79 Å². The molecule has 0 unspecified atom stereocenters. The molecule has 0 aliphatic rings. The van der Waals surface area contributed by atoms with Crippen molar-refractivity contribution >= 4 is 11.6 Å². The van der Waals surface area contributed by atoms with Gasteiger partial charge in [-0.25, -0.2) is 0 Å². The van der Waals surface area contributed by atoms with E-state index in [0.717, 1.165) is 5.56 Å². The molecule has 1 N–H and O–H groups in total. The standard InChI is InChI=1S/C8H9N2O/c1-6-3-4-9-5-8(6)10-7(2)11/h3-4H,1-2H3,(H,10,11). The highest BCUT2D eigenvalue weighted by molar-refractivity contribution is 5.89. The van der Waals surface area contributed by atoms with Crippen LogP contribution in [0.3, 0.4) is 0 Å². The second-order valence-corrected chi connectivity index (χ2v) is 2.30. The van der Waals surface area contributed by atoms with Crippen molar-refractivity contribution in [1.82, 2.24) is 4.98 Å². The molecule has 1 rings (SSSR count). The number of hydrogen-bond donors (Lipinski definition) is 1. The van der Waals surface area contributed by atoms with Gasteiger partial charge in [-0.05, 0) is 18.6 Å². The summed E-state index contributed by atoms with van der Waals surface area (Å²) in [5.74, 6) is -0.0997. The third kappa shape index (κ3) is 2.04. The number of carbonyl (C=O) groups is 1. The summed E-state index contributed by atoms with van der Waals surface area (Å²) in [7, 11) is 0. The van der Waals surface area contributed by atoms with Crippen molar-refractivity contribution < 1.29 is 4.79 Å². The minimum absolute atomic E-state index is 0.0997. The molecule has 3 heteroatoms. The zero-order valence-electron chi connectivity index (χ0n) is 6.51. The molecule has 0 bridgehead atoms. The number of pyridine rings is 1. The lowest BCUT2D eigenvalue weighted by atomic mass is 10.2. The van der Waals surface area contributed by atoms with Gasteiger partial charge in [-0.15, -0.1) is 0 Å². The molecule has 3 nitrogen and oxygen atoms in total. The number of nitrogens with one attached hydrogen (secondary N) is 1. The van der Waals surface area contributed by atoms with Gasteiger partial charge in [0.2, 0.25) is 5.91 Å². The van der Waals surface area contributed by atoms with E-state index >= 15 is 0 Å². The molecule has 1 radical (unpaired) electrons. The number of rotatable bonds is 1. The van der Waals surface area contributed by atoms with Crippen LogP contribution in [0.2, 0.25) is 0 Å². The van der Waals surface area contributed by atoms with Crippen molar-refractivity contribution in [3.8, 4) is 0 Å². The Hall–Kier alpha value is -1.38. The molecule has 0 aliphatic heterocycles. The van der Waals surface area contributed by atoms with Crippen LogP contribution in [0.1, 0.15) is 12.5 Å². The van der Waals surface area contributed by atoms with E-state index in [2.05, 4.69) is 16.5 Å². The zero-order chi connectivity index (χ0) is 8.27. The summed E-state index contributed by atoms with van der Waals surface area (Å²) in [5, 5.41) is 2.62. The summed E-state index contributed by atoms with van der Waals surface area (Å²) in [5.41, 5.74) is 1.62. The van der Waals surface area contributed by atoms with E-state index in [1.54, 1.807) is 6.20 Å². The molecule has 0 atom stereocenters. The van der Waals surface area contributed by atoms with Gasteiger partial charge in [0.15, 0.2) is 0 Å². The van der Waals surface area contributed by atoms with Crippen LogP contribution in [-0.4, -0.2) is 10.9 Å². The van der Waals surface area contributed by atoms with Crippen LogP contribution in [0, 0.1) is 13.1 Å². The molecule has 0 aliphatic carbocycles. The average molecular weight is 149 g/mol. The Kier molecular flexibility index (Phi) is 2.21. The van der Waals surface area contributed by atoms with E-state index in [-0.39, 0.29) is 5.91 Å². The first-order chi connectivity index (χ1) is 5.20. The van der Waals surface area contributed by atoms with Crippen LogP contribution < -0.4 is 5.32 Å². The first-order valence-electron chi connectivity index (χ1n) is 3.31. The second-order valence-electron chi connectivity index (χ2n) is 2.30. The topological polar surface area (TPSA) is 42.0 Å². The molecule has 1 heterocycles. The van der Waals surface area contributed by atoms with Gasteiger partial charge >= 0.3 is 0 Å². The Balaban J connectivity index is 2.86. The molecule has 0 fully saturated rings. The molecule has 11 heavy (non-hydrogen) atoms. The van der Waals surface area contributed by atoms with E-state index in [4.69, 9.17) is 0 Å². The molecule has 57 valence electrons. The fourth-order valence-electron chi connectivity index (χ4n) is 0.725. The largest absolute Gasteiger partial charge is 0.324 e. The fourth-order valence-corrected chi connectivity index (χ4v) is 0.725. The number of anilines is 1. The molecule has 1 amide bonds. The number of nitrogens with zero attached hydrogens (tertiary/aromatic N) is 1. The maximum atomic E-state index is 10.6. The molecular weight excluding hydrogens is 140 g/mol. The molecule has 0 aromatic carbocycles. The molecule has 0 saturated carbocycles. The predicted molar refractivity (Wildman–Crippen MR) is 42.1 cm³/mol. The number of hydrogen-bond acceptors (Lipinski definition) is 2. The summed E-state index contributed by atoms with van der Waals surface area (Å²) in [6, 6.07) is 1.82. The number of amides is 1. The minimum Gasteiger partial charge on any atom is -0.324 e.